The summed E-state index contributed by atoms with van der Waals surface area (Å²) in [5.41, 5.74) is 1.19. The Labute approximate surface area is 182 Å². The Bertz CT molecular complexity index is 1030. The highest BCUT2D eigenvalue weighted by Gasteiger charge is 2.33. The summed E-state index contributed by atoms with van der Waals surface area (Å²) in [5, 5.41) is 2.98. The standard InChI is InChI=1S/C23H29N5O3/c1-3-16-6-4-5-10-27(16)13-18-8-7-17(31-18)12-25-22(29)19-15(2)30-23-20(19)21-24-9-11-28(21)14-26-23/h7-8,14,16H,3-6,9-13H2,1-2H3,(H,25,29). The first-order chi connectivity index (χ1) is 15.1. The van der Waals surface area contributed by atoms with Crippen molar-refractivity contribution in [2.45, 2.75) is 58.7 Å². The van der Waals surface area contributed by atoms with Crippen molar-refractivity contribution >= 4 is 24.0 Å². The lowest BCUT2D eigenvalue weighted by Crippen LogP contribution is -2.38. The van der Waals surface area contributed by atoms with E-state index in [4.69, 9.17) is 8.83 Å². The zero-order valence-corrected chi connectivity index (χ0v) is 18.2. The van der Waals surface area contributed by atoms with Gasteiger partial charge < -0.3 is 19.1 Å². The number of amides is 1. The van der Waals surface area contributed by atoms with Crippen LogP contribution in [-0.4, -0.2) is 53.6 Å². The van der Waals surface area contributed by atoms with Crippen molar-refractivity contribution in [3.63, 3.8) is 0 Å². The number of hydrogen-bond donors (Lipinski definition) is 1. The second-order valence-corrected chi connectivity index (χ2v) is 8.44. The van der Waals surface area contributed by atoms with Crippen molar-refractivity contribution in [1.82, 2.24) is 15.1 Å². The zero-order valence-electron chi connectivity index (χ0n) is 18.2. The summed E-state index contributed by atoms with van der Waals surface area (Å²) in [5.74, 6) is 3.26. The van der Waals surface area contributed by atoms with Crippen LogP contribution in [0.2, 0.25) is 0 Å². The van der Waals surface area contributed by atoms with Crippen molar-refractivity contribution in [2.24, 2.45) is 9.98 Å². The van der Waals surface area contributed by atoms with Crippen LogP contribution in [0.3, 0.4) is 0 Å². The topological polar surface area (TPSA) is 86.6 Å². The molecule has 1 N–H and O–H groups in total. The van der Waals surface area contributed by atoms with Crippen LogP contribution in [-0.2, 0) is 13.1 Å². The molecular formula is C23H29N5O3. The molecule has 2 aromatic heterocycles. The third-order valence-corrected chi connectivity index (χ3v) is 6.42. The summed E-state index contributed by atoms with van der Waals surface area (Å²) in [6.07, 6.45) is 6.72. The molecule has 3 aliphatic heterocycles. The Morgan fingerprint density at radius 2 is 2.10 bits per heavy atom. The lowest BCUT2D eigenvalue weighted by molar-refractivity contribution is 0.0945. The van der Waals surface area contributed by atoms with Gasteiger partial charge >= 0.3 is 0 Å². The number of aliphatic imine (C=N–C) groups is 2. The molecule has 0 spiro atoms. The van der Waals surface area contributed by atoms with Gasteiger partial charge in [-0.1, -0.05) is 13.3 Å². The molecule has 2 aromatic rings. The molecule has 0 aliphatic carbocycles. The largest absolute Gasteiger partial charge is 0.463 e. The van der Waals surface area contributed by atoms with Gasteiger partial charge in [-0.3, -0.25) is 14.7 Å². The number of furan rings is 2. The van der Waals surface area contributed by atoms with Crippen LogP contribution in [0.25, 0.3) is 0 Å². The van der Waals surface area contributed by atoms with Crippen LogP contribution in [0.5, 0.6) is 0 Å². The fraction of sp³-hybridized carbons (Fsp3) is 0.522. The maximum Gasteiger partial charge on any atom is 0.256 e. The van der Waals surface area contributed by atoms with Crippen LogP contribution in [0.4, 0.5) is 5.88 Å². The molecule has 0 aromatic carbocycles. The van der Waals surface area contributed by atoms with E-state index >= 15 is 0 Å². The lowest BCUT2D eigenvalue weighted by atomic mass is 10.00. The molecule has 5 rings (SSSR count). The Morgan fingerprint density at radius 1 is 1.23 bits per heavy atom. The number of nitrogens with one attached hydrogen (secondary N) is 1. The Kier molecular flexibility index (Phi) is 5.40. The van der Waals surface area contributed by atoms with Crippen molar-refractivity contribution in [2.75, 3.05) is 19.6 Å². The van der Waals surface area contributed by atoms with E-state index in [0.29, 0.717) is 41.9 Å². The van der Waals surface area contributed by atoms with Gasteiger partial charge in [0.1, 0.15) is 29.5 Å². The first-order valence-corrected chi connectivity index (χ1v) is 11.2. The van der Waals surface area contributed by atoms with E-state index in [0.717, 1.165) is 37.0 Å². The first-order valence-electron chi connectivity index (χ1n) is 11.2. The minimum Gasteiger partial charge on any atom is -0.463 e. The van der Waals surface area contributed by atoms with Crippen LogP contribution >= 0.6 is 0 Å². The number of piperidine rings is 1. The lowest BCUT2D eigenvalue weighted by Gasteiger charge is -2.34. The summed E-state index contributed by atoms with van der Waals surface area (Å²) in [6, 6.07) is 4.61. The first kappa shape index (κ1) is 20.1. The Hall–Kier alpha value is -2.87. The molecule has 1 fully saturated rings. The van der Waals surface area contributed by atoms with Crippen LogP contribution in [0.15, 0.2) is 31.0 Å². The van der Waals surface area contributed by atoms with E-state index in [2.05, 4.69) is 27.1 Å². The van der Waals surface area contributed by atoms with E-state index in [-0.39, 0.29) is 5.91 Å². The zero-order chi connectivity index (χ0) is 21.4. The molecule has 8 nitrogen and oxygen atoms in total. The molecule has 0 radical (unpaired) electrons. The highest BCUT2D eigenvalue weighted by atomic mass is 16.4. The Balaban J connectivity index is 1.25. The number of aryl methyl sites for hydroxylation is 1. The molecule has 5 heterocycles. The number of rotatable bonds is 6. The maximum atomic E-state index is 13.0. The van der Waals surface area contributed by atoms with Crippen molar-refractivity contribution < 1.29 is 13.6 Å². The summed E-state index contributed by atoms with van der Waals surface area (Å²) >= 11 is 0. The molecule has 1 amide bonds. The SMILES string of the molecule is CCC1CCCCN1Cc1ccc(CNC(=O)c2c(C)oc3c2C2=NCCN2C=N3)o1. The van der Waals surface area contributed by atoms with Gasteiger partial charge in [-0.2, -0.15) is 0 Å². The highest BCUT2D eigenvalue weighted by Crippen LogP contribution is 2.34. The molecule has 0 saturated carbocycles. The van der Waals surface area contributed by atoms with E-state index in [1.165, 1.54) is 25.7 Å². The van der Waals surface area contributed by atoms with E-state index in [1.807, 2.05) is 17.0 Å². The summed E-state index contributed by atoms with van der Waals surface area (Å²) < 4.78 is 11.8. The number of nitrogens with zero attached hydrogens (tertiary/aromatic N) is 4. The minimum absolute atomic E-state index is 0.200. The van der Waals surface area contributed by atoms with Crippen LogP contribution < -0.4 is 5.32 Å². The minimum atomic E-state index is -0.200. The number of carbonyl (C=O) groups is 1. The van der Waals surface area contributed by atoms with E-state index in [9.17, 15) is 4.79 Å². The van der Waals surface area contributed by atoms with Gasteiger partial charge in [0.05, 0.1) is 30.8 Å². The Morgan fingerprint density at radius 3 is 2.97 bits per heavy atom. The monoisotopic (exact) mass is 423 g/mol. The van der Waals surface area contributed by atoms with Crippen molar-refractivity contribution in [3.05, 3.63) is 40.5 Å². The number of hydrogen-bond acceptors (Lipinski definition) is 7. The molecule has 1 saturated heterocycles. The highest BCUT2D eigenvalue weighted by molar-refractivity contribution is 6.17. The van der Waals surface area contributed by atoms with E-state index < -0.39 is 0 Å². The predicted octanol–water partition coefficient (Wildman–Crippen LogP) is 3.61. The third kappa shape index (κ3) is 3.80. The van der Waals surface area contributed by atoms with Crippen LogP contribution in [0.1, 0.15) is 65.8 Å². The van der Waals surface area contributed by atoms with Gasteiger partial charge in [-0.25, -0.2) is 4.99 Å². The number of amidine groups is 1. The smallest absolute Gasteiger partial charge is 0.256 e. The second kappa shape index (κ2) is 8.34. The molecule has 3 aliphatic rings. The summed E-state index contributed by atoms with van der Waals surface area (Å²) in [4.78, 5) is 26.4. The normalized spacial score (nSPS) is 20.5. The van der Waals surface area contributed by atoms with Gasteiger partial charge in [0.15, 0.2) is 0 Å². The average Bonchev–Trinajstić information content (AvgIpc) is 3.50. The molecule has 31 heavy (non-hydrogen) atoms. The van der Waals surface area contributed by atoms with Crippen LogP contribution in [0, 0.1) is 6.92 Å². The van der Waals surface area contributed by atoms with Crippen molar-refractivity contribution in [3.8, 4) is 0 Å². The molecule has 1 unspecified atom stereocenters. The molecular weight excluding hydrogens is 394 g/mol. The quantitative estimate of drug-likeness (QED) is 0.767. The predicted molar refractivity (Wildman–Crippen MR) is 118 cm³/mol. The second-order valence-electron chi connectivity index (χ2n) is 8.44. The summed E-state index contributed by atoms with van der Waals surface area (Å²) in [7, 11) is 0. The number of fused-ring (bicyclic) bond motifs is 3. The molecule has 0 bridgehead atoms. The molecule has 1 atom stereocenters. The number of likely N-dealkylation sites (tertiary alicyclic amines) is 1. The molecule has 8 heteroatoms. The van der Waals surface area contributed by atoms with Gasteiger partial charge in [0.25, 0.3) is 5.91 Å². The van der Waals surface area contributed by atoms with Gasteiger partial charge in [-0.15, -0.1) is 0 Å². The number of carbonyl (C=O) groups excluding carboxylic acids is 1. The van der Waals surface area contributed by atoms with Gasteiger partial charge in [0, 0.05) is 12.6 Å². The molecule has 164 valence electrons. The summed E-state index contributed by atoms with van der Waals surface area (Å²) in [6.45, 7) is 7.79. The van der Waals surface area contributed by atoms with Crippen molar-refractivity contribution in [1.29, 1.82) is 0 Å². The fourth-order valence-corrected chi connectivity index (χ4v) is 4.81. The third-order valence-electron chi connectivity index (χ3n) is 6.42. The van der Waals surface area contributed by atoms with Gasteiger partial charge in [-0.05, 0) is 44.9 Å². The van der Waals surface area contributed by atoms with Gasteiger partial charge in [0.2, 0.25) is 5.88 Å². The van der Waals surface area contributed by atoms with E-state index in [1.54, 1.807) is 13.3 Å². The average molecular weight is 424 g/mol. The maximum absolute atomic E-state index is 13.0. The fourth-order valence-electron chi connectivity index (χ4n) is 4.81.